The maximum atomic E-state index is 13.0. The molecule has 7 heteroatoms. The Labute approximate surface area is 188 Å². The van der Waals surface area contributed by atoms with Crippen molar-refractivity contribution in [3.05, 3.63) is 106 Å². The Balaban J connectivity index is 1.50. The van der Waals surface area contributed by atoms with Crippen molar-refractivity contribution >= 4 is 22.5 Å². The lowest BCUT2D eigenvalue weighted by molar-refractivity contribution is 0.462. The number of thioether (sulfide) groups is 1. The van der Waals surface area contributed by atoms with E-state index in [1.807, 2.05) is 60.7 Å². The van der Waals surface area contributed by atoms with E-state index in [0.29, 0.717) is 34.1 Å². The van der Waals surface area contributed by atoms with Crippen LogP contribution < -0.4 is 5.56 Å². The highest BCUT2D eigenvalue weighted by Gasteiger charge is 2.18. The van der Waals surface area contributed by atoms with Crippen molar-refractivity contribution in [1.82, 2.24) is 20.0 Å². The molecule has 0 saturated carbocycles. The predicted octanol–water partition coefficient (Wildman–Crippen LogP) is 5.10. The van der Waals surface area contributed by atoms with Gasteiger partial charge in [0.1, 0.15) is 0 Å². The summed E-state index contributed by atoms with van der Waals surface area (Å²) >= 11 is 1.48. The van der Waals surface area contributed by atoms with Crippen LogP contribution in [0.25, 0.3) is 22.4 Å². The monoisotopic (exact) mass is 440 g/mol. The molecule has 0 unspecified atom stereocenters. The Morgan fingerprint density at radius 3 is 2.41 bits per heavy atom. The molecule has 0 amide bonds. The van der Waals surface area contributed by atoms with Crippen LogP contribution in [0.3, 0.4) is 0 Å². The van der Waals surface area contributed by atoms with Gasteiger partial charge < -0.3 is 4.42 Å². The van der Waals surface area contributed by atoms with Crippen molar-refractivity contribution in [2.45, 2.75) is 24.4 Å². The van der Waals surface area contributed by atoms with Gasteiger partial charge in [-0.3, -0.25) is 4.79 Å². The molecule has 0 atom stereocenters. The second-order valence-corrected chi connectivity index (χ2v) is 8.36. The number of rotatable bonds is 6. The number of aromatic nitrogens is 4. The van der Waals surface area contributed by atoms with Gasteiger partial charge in [-0.25, -0.2) is 4.68 Å². The molecule has 0 fully saturated rings. The van der Waals surface area contributed by atoms with Gasteiger partial charge >= 0.3 is 0 Å². The Morgan fingerprint density at radius 2 is 1.59 bits per heavy atom. The summed E-state index contributed by atoms with van der Waals surface area (Å²) < 4.78 is 7.40. The first kappa shape index (κ1) is 20.2. The summed E-state index contributed by atoms with van der Waals surface area (Å²) in [4.78, 5) is 13.0. The first-order valence-corrected chi connectivity index (χ1v) is 11.2. The van der Waals surface area contributed by atoms with Crippen LogP contribution >= 0.6 is 11.8 Å². The molecule has 158 valence electrons. The van der Waals surface area contributed by atoms with E-state index in [2.05, 4.69) is 34.4 Å². The largest absolute Gasteiger partial charge is 0.409 e. The van der Waals surface area contributed by atoms with Gasteiger partial charge in [0, 0.05) is 11.1 Å². The summed E-state index contributed by atoms with van der Waals surface area (Å²) in [6, 6.07) is 25.4. The van der Waals surface area contributed by atoms with Gasteiger partial charge in [-0.05, 0) is 29.7 Å². The highest BCUT2D eigenvalue weighted by atomic mass is 32.2. The molecule has 5 aromatic rings. The van der Waals surface area contributed by atoms with Crippen molar-refractivity contribution in [2.75, 3.05) is 0 Å². The quantitative estimate of drug-likeness (QED) is 0.342. The van der Waals surface area contributed by atoms with Crippen LogP contribution in [0.5, 0.6) is 0 Å². The summed E-state index contributed by atoms with van der Waals surface area (Å²) in [6.07, 6.45) is 0. The third kappa shape index (κ3) is 4.07. The van der Waals surface area contributed by atoms with E-state index in [4.69, 9.17) is 4.42 Å². The van der Waals surface area contributed by atoms with Crippen molar-refractivity contribution in [3.8, 4) is 11.6 Å². The molecule has 0 radical (unpaired) electrons. The van der Waals surface area contributed by atoms with Crippen LogP contribution in [0.2, 0.25) is 0 Å². The molecular weight excluding hydrogens is 420 g/mol. The lowest BCUT2D eigenvalue weighted by atomic mass is 10.1. The summed E-state index contributed by atoms with van der Waals surface area (Å²) in [5.74, 6) is 1.03. The lowest BCUT2D eigenvalue weighted by Gasteiger charge is -2.09. The number of fused-ring (bicyclic) bond motifs is 1. The minimum Gasteiger partial charge on any atom is -0.409 e. The van der Waals surface area contributed by atoms with E-state index < -0.39 is 0 Å². The lowest BCUT2D eigenvalue weighted by Crippen LogP contribution is -2.24. The zero-order chi connectivity index (χ0) is 21.9. The van der Waals surface area contributed by atoms with E-state index in [1.54, 1.807) is 6.07 Å². The Bertz CT molecular complexity index is 1440. The maximum Gasteiger partial charge on any atom is 0.277 e. The normalized spacial score (nSPS) is 11.2. The summed E-state index contributed by atoms with van der Waals surface area (Å²) in [7, 11) is 0. The second-order valence-electron chi connectivity index (χ2n) is 7.43. The third-order valence-electron chi connectivity index (χ3n) is 5.26. The van der Waals surface area contributed by atoms with Gasteiger partial charge in [-0.2, -0.15) is 5.10 Å². The summed E-state index contributed by atoms with van der Waals surface area (Å²) in [6.45, 7) is 2.45. The van der Waals surface area contributed by atoms with E-state index in [0.717, 1.165) is 11.3 Å². The number of aryl methyl sites for hydroxylation is 1. The van der Waals surface area contributed by atoms with Crippen LogP contribution in [0.4, 0.5) is 0 Å². The SMILES string of the molecule is Cc1ccccc1CSc1nnc(-c2nn(Cc3ccccc3)c(=O)c3ccccc23)o1. The first-order valence-electron chi connectivity index (χ1n) is 10.2. The van der Waals surface area contributed by atoms with E-state index in [9.17, 15) is 4.79 Å². The number of hydrogen-bond donors (Lipinski definition) is 0. The van der Waals surface area contributed by atoms with Crippen LogP contribution in [0.15, 0.2) is 93.3 Å². The van der Waals surface area contributed by atoms with E-state index >= 15 is 0 Å². The molecular formula is C25H20N4O2S. The third-order valence-corrected chi connectivity index (χ3v) is 6.13. The molecule has 2 aromatic heterocycles. The Kier molecular flexibility index (Phi) is 5.56. The van der Waals surface area contributed by atoms with Crippen LogP contribution in [-0.2, 0) is 12.3 Å². The molecule has 6 nitrogen and oxygen atoms in total. The molecule has 5 rings (SSSR count). The molecule has 3 aromatic carbocycles. The maximum absolute atomic E-state index is 13.0. The number of benzene rings is 3. The van der Waals surface area contributed by atoms with Crippen molar-refractivity contribution < 1.29 is 4.42 Å². The smallest absolute Gasteiger partial charge is 0.277 e. The highest BCUT2D eigenvalue weighted by molar-refractivity contribution is 7.98. The molecule has 0 aliphatic heterocycles. The Hall–Kier alpha value is -3.71. The van der Waals surface area contributed by atoms with E-state index in [-0.39, 0.29) is 5.56 Å². The second kappa shape index (κ2) is 8.80. The molecule has 2 heterocycles. The fourth-order valence-electron chi connectivity index (χ4n) is 3.53. The van der Waals surface area contributed by atoms with Gasteiger partial charge in [0.15, 0.2) is 5.69 Å². The molecule has 0 N–H and O–H groups in total. The fraction of sp³-hybridized carbons (Fsp3) is 0.120. The van der Waals surface area contributed by atoms with Crippen molar-refractivity contribution in [1.29, 1.82) is 0 Å². The van der Waals surface area contributed by atoms with Gasteiger partial charge in [-0.15, -0.1) is 10.2 Å². The van der Waals surface area contributed by atoms with Gasteiger partial charge in [0.25, 0.3) is 16.7 Å². The molecule has 0 saturated heterocycles. The van der Waals surface area contributed by atoms with Crippen molar-refractivity contribution in [2.24, 2.45) is 0 Å². The standard InChI is InChI=1S/C25H20N4O2S/c1-17-9-5-6-12-19(17)16-32-25-27-26-23(31-25)22-20-13-7-8-14-21(20)24(30)29(28-22)15-18-10-3-2-4-11-18/h2-14H,15-16H2,1H3. The molecule has 32 heavy (non-hydrogen) atoms. The van der Waals surface area contributed by atoms with Gasteiger partial charge in [-0.1, -0.05) is 84.6 Å². The molecule has 0 aliphatic carbocycles. The minimum atomic E-state index is -0.151. The van der Waals surface area contributed by atoms with E-state index in [1.165, 1.54) is 27.6 Å². The average molecular weight is 441 g/mol. The summed E-state index contributed by atoms with van der Waals surface area (Å²) in [5.41, 5.74) is 3.79. The zero-order valence-electron chi connectivity index (χ0n) is 17.4. The predicted molar refractivity (Wildman–Crippen MR) is 126 cm³/mol. The van der Waals surface area contributed by atoms with Crippen LogP contribution in [0, 0.1) is 6.92 Å². The first-order chi connectivity index (χ1) is 15.7. The van der Waals surface area contributed by atoms with Crippen LogP contribution in [-0.4, -0.2) is 20.0 Å². The van der Waals surface area contributed by atoms with Crippen molar-refractivity contribution in [3.63, 3.8) is 0 Å². The average Bonchev–Trinajstić information content (AvgIpc) is 3.30. The number of nitrogens with zero attached hydrogens (tertiary/aromatic N) is 4. The van der Waals surface area contributed by atoms with Crippen LogP contribution in [0.1, 0.15) is 16.7 Å². The minimum absolute atomic E-state index is 0.151. The molecule has 0 aliphatic rings. The highest BCUT2D eigenvalue weighted by Crippen LogP contribution is 2.28. The molecule has 0 bridgehead atoms. The van der Waals surface area contributed by atoms with Gasteiger partial charge in [0.05, 0.1) is 11.9 Å². The number of hydrogen-bond acceptors (Lipinski definition) is 6. The zero-order valence-corrected chi connectivity index (χ0v) is 18.2. The topological polar surface area (TPSA) is 73.8 Å². The molecule has 0 spiro atoms. The fourth-order valence-corrected chi connectivity index (χ4v) is 4.37. The summed E-state index contributed by atoms with van der Waals surface area (Å²) in [5, 5.41) is 14.8. The van der Waals surface area contributed by atoms with Gasteiger partial charge in [0.2, 0.25) is 0 Å². The Morgan fingerprint density at radius 1 is 0.875 bits per heavy atom.